The van der Waals surface area contributed by atoms with Crippen molar-refractivity contribution < 1.29 is 19.4 Å². The monoisotopic (exact) mass is 285 g/mol. The van der Waals surface area contributed by atoms with Gasteiger partial charge in [0.25, 0.3) is 0 Å². The van der Waals surface area contributed by atoms with E-state index in [4.69, 9.17) is 14.6 Å². The number of carbonyl (C=O) groups is 1. The topological polar surface area (TPSA) is 68.7 Å². The molecule has 0 aliphatic carbocycles. The quantitative estimate of drug-likeness (QED) is 0.830. The van der Waals surface area contributed by atoms with Crippen molar-refractivity contribution in [3.05, 3.63) is 18.0 Å². The van der Waals surface area contributed by atoms with E-state index in [1.165, 1.54) is 11.8 Å². The lowest BCUT2D eigenvalue weighted by Gasteiger charge is -2.16. The lowest BCUT2D eigenvalue weighted by Crippen LogP contribution is -2.22. The minimum atomic E-state index is -0.804. The fraction of sp³-hybridized carbons (Fsp3) is 0.538. The molecule has 1 aromatic heterocycles. The fourth-order valence-corrected chi connectivity index (χ4v) is 2.74. The third kappa shape index (κ3) is 4.02. The average molecular weight is 285 g/mol. The summed E-state index contributed by atoms with van der Waals surface area (Å²) in [5, 5.41) is 8.69. The highest BCUT2D eigenvalue weighted by Gasteiger charge is 2.23. The Morgan fingerprint density at radius 1 is 1.42 bits per heavy atom. The lowest BCUT2D eigenvalue weighted by atomic mass is 10.1. The minimum Gasteiger partial charge on any atom is -0.493 e. The third-order valence-electron chi connectivity index (χ3n) is 2.61. The Morgan fingerprint density at radius 3 is 2.58 bits per heavy atom. The highest BCUT2D eigenvalue weighted by Crippen LogP contribution is 2.33. The van der Waals surface area contributed by atoms with Crippen molar-refractivity contribution >= 4 is 17.7 Å². The largest absolute Gasteiger partial charge is 0.493 e. The molecule has 0 saturated carbocycles. The molecule has 19 heavy (non-hydrogen) atoms. The average Bonchev–Trinajstić information content (AvgIpc) is 2.37. The zero-order chi connectivity index (χ0) is 14.4. The Labute approximate surface area is 117 Å². The Balaban J connectivity index is 2.85. The summed E-state index contributed by atoms with van der Waals surface area (Å²) >= 11 is 1.34. The second-order valence-corrected chi connectivity index (χ2v) is 5.44. The zero-order valence-corrected chi connectivity index (χ0v) is 12.4. The molecule has 1 heterocycles. The molecule has 1 atom stereocenters. The molecular formula is C13H19NO4S. The van der Waals surface area contributed by atoms with Gasteiger partial charge in [-0.2, -0.15) is 0 Å². The lowest BCUT2D eigenvalue weighted by molar-refractivity contribution is -0.137. The molecule has 0 aliphatic heterocycles. The van der Waals surface area contributed by atoms with E-state index in [-0.39, 0.29) is 5.92 Å². The van der Waals surface area contributed by atoms with Crippen molar-refractivity contribution in [2.45, 2.75) is 24.9 Å². The van der Waals surface area contributed by atoms with Crippen molar-refractivity contribution in [3.8, 4) is 11.5 Å². The Hall–Kier alpha value is -1.43. The van der Waals surface area contributed by atoms with Crippen LogP contribution in [-0.4, -0.2) is 35.5 Å². The first kappa shape index (κ1) is 15.6. The summed E-state index contributed by atoms with van der Waals surface area (Å²) in [6, 6.07) is 1.71. The highest BCUT2D eigenvalue weighted by molar-refractivity contribution is 7.99. The summed E-state index contributed by atoms with van der Waals surface area (Å²) in [4.78, 5) is 15.4. The number of rotatable bonds is 7. The van der Waals surface area contributed by atoms with Crippen LogP contribution in [0.15, 0.2) is 12.3 Å². The Bertz CT molecular complexity index is 437. The summed E-state index contributed by atoms with van der Waals surface area (Å²) < 4.78 is 10.5. The van der Waals surface area contributed by atoms with Gasteiger partial charge < -0.3 is 14.6 Å². The van der Waals surface area contributed by atoms with Gasteiger partial charge in [-0.25, -0.2) is 0 Å². The number of pyridine rings is 1. The van der Waals surface area contributed by atoms with E-state index in [0.29, 0.717) is 22.9 Å². The van der Waals surface area contributed by atoms with Crippen LogP contribution in [0.4, 0.5) is 0 Å². The Morgan fingerprint density at radius 2 is 2.11 bits per heavy atom. The maximum atomic E-state index is 11.1. The van der Waals surface area contributed by atoms with Gasteiger partial charge in [-0.15, -0.1) is 11.8 Å². The van der Waals surface area contributed by atoms with Crippen LogP contribution in [0.2, 0.25) is 0 Å². The molecule has 0 spiro atoms. The number of thioether (sulfide) groups is 1. The van der Waals surface area contributed by atoms with Gasteiger partial charge in [-0.1, -0.05) is 13.8 Å². The summed E-state index contributed by atoms with van der Waals surface area (Å²) in [5.74, 6) is 0.881. The molecule has 1 unspecified atom stereocenters. The maximum Gasteiger partial charge on any atom is 0.316 e. The number of ether oxygens (including phenoxy) is 2. The standard InChI is InChI=1S/C13H19NO4S/c1-8(2)12(13(15)16)19-7-9-11(18-4)10(17-3)5-6-14-9/h5-6,8,12H,7H2,1-4H3,(H,15,16). The van der Waals surface area contributed by atoms with Gasteiger partial charge >= 0.3 is 5.97 Å². The zero-order valence-electron chi connectivity index (χ0n) is 11.5. The SMILES string of the molecule is COc1ccnc(CSC(C(=O)O)C(C)C)c1OC. The highest BCUT2D eigenvalue weighted by atomic mass is 32.2. The molecule has 106 valence electrons. The van der Waals surface area contributed by atoms with Crippen molar-refractivity contribution in [1.29, 1.82) is 0 Å². The van der Waals surface area contributed by atoms with Gasteiger partial charge in [0.05, 0.1) is 19.9 Å². The van der Waals surface area contributed by atoms with Crippen LogP contribution < -0.4 is 9.47 Å². The van der Waals surface area contributed by atoms with Crippen molar-refractivity contribution in [1.82, 2.24) is 4.98 Å². The van der Waals surface area contributed by atoms with Gasteiger partial charge in [0, 0.05) is 18.0 Å². The first-order valence-corrected chi connectivity index (χ1v) is 6.96. The molecule has 1 aromatic rings. The molecule has 0 aliphatic rings. The summed E-state index contributed by atoms with van der Waals surface area (Å²) in [6.07, 6.45) is 1.63. The minimum absolute atomic E-state index is 0.0547. The number of aliphatic carboxylic acids is 1. The molecule has 0 amide bonds. The van der Waals surface area contributed by atoms with E-state index in [1.54, 1.807) is 26.5 Å². The van der Waals surface area contributed by atoms with Crippen molar-refractivity contribution in [3.63, 3.8) is 0 Å². The van der Waals surface area contributed by atoms with Gasteiger partial charge in [0.15, 0.2) is 11.5 Å². The van der Waals surface area contributed by atoms with Crippen LogP contribution in [0.1, 0.15) is 19.5 Å². The van der Waals surface area contributed by atoms with Crippen LogP contribution in [-0.2, 0) is 10.5 Å². The molecule has 0 saturated heterocycles. The second-order valence-electron chi connectivity index (χ2n) is 4.31. The number of nitrogens with zero attached hydrogens (tertiary/aromatic N) is 1. The molecule has 6 heteroatoms. The molecule has 0 radical (unpaired) electrons. The summed E-state index contributed by atoms with van der Waals surface area (Å²) in [5.41, 5.74) is 0.693. The van der Waals surface area contributed by atoms with Crippen molar-refractivity contribution in [2.24, 2.45) is 5.92 Å². The summed E-state index contributed by atoms with van der Waals surface area (Å²) in [6.45, 7) is 3.78. The molecule has 0 fully saturated rings. The van der Waals surface area contributed by atoms with E-state index in [9.17, 15) is 4.79 Å². The number of hydrogen-bond acceptors (Lipinski definition) is 5. The van der Waals surface area contributed by atoms with E-state index in [0.717, 1.165) is 0 Å². The van der Waals surface area contributed by atoms with Crippen LogP contribution in [0.3, 0.4) is 0 Å². The first-order chi connectivity index (χ1) is 9.01. The molecule has 1 rings (SSSR count). The van der Waals surface area contributed by atoms with Gasteiger partial charge in [0.2, 0.25) is 0 Å². The molecular weight excluding hydrogens is 266 g/mol. The van der Waals surface area contributed by atoms with Crippen LogP contribution in [0.5, 0.6) is 11.5 Å². The molecule has 0 aromatic carbocycles. The van der Waals surface area contributed by atoms with Crippen molar-refractivity contribution in [2.75, 3.05) is 14.2 Å². The van der Waals surface area contributed by atoms with E-state index >= 15 is 0 Å². The normalized spacial score (nSPS) is 12.3. The van der Waals surface area contributed by atoms with Crippen LogP contribution >= 0.6 is 11.8 Å². The van der Waals surface area contributed by atoms with Crippen LogP contribution in [0.25, 0.3) is 0 Å². The number of carboxylic acids is 1. The van der Waals surface area contributed by atoms with Gasteiger partial charge in [0.1, 0.15) is 5.25 Å². The van der Waals surface area contributed by atoms with E-state index in [1.807, 2.05) is 13.8 Å². The molecule has 0 bridgehead atoms. The van der Waals surface area contributed by atoms with Gasteiger partial charge in [-0.05, 0) is 5.92 Å². The summed E-state index contributed by atoms with van der Waals surface area (Å²) in [7, 11) is 3.10. The third-order valence-corrected chi connectivity index (χ3v) is 4.16. The van der Waals surface area contributed by atoms with Crippen LogP contribution in [0, 0.1) is 5.92 Å². The molecule has 5 nitrogen and oxygen atoms in total. The maximum absolute atomic E-state index is 11.1. The number of methoxy groups -OCH3 is 2. The number of hydrogen-bond donors (Lipinski definition) is 1. The predicted molar refractivity (Wildman–Crippen MR) is 74.9 cm³/mol. The molecule has 1 N–H and O–H groups in total. The smallest absolute Gasteiger partial charge is 0.316 e. The second kappa shape index (κ2) is 7.23. The van der Waals surface area contributed by atoms with E-state index in [2.05, 4.69) is 4.98 Å². The predicted octanol–water partition coefficient (Wildman–Crippen LogP) is 2.44. The first-order valence-electron chi connectivity index (χ1n) is 5.91. The van der Waals surface area contributed by atoms with E-state index < -0.39 is 11.2 Å². The Kier molecular flexibility index (Phi) is 5.95. The number of carboxylic acid groups (broad SMARTS) is 1. The fourth-order valence-electron chi connectivity index (χ4n) is 1.67. The number of aromatic nitrogens is 1. The van der Waals surface area contributed by atoms with Gasteiger partial charge in [-0.3, -0.25) is 9.78 Å².